The van der Waals surface area contributed by atoms with Crippen LogP contribution in [-0.2, 0) is 4.79 Å². The molecule has 0 heterocycles. The van der Waals surface area contributed by atoms with Gasteiger partial charge in [0.05, 0.1) is 0 Å². The van der Waals surface area contributed by atoms with Gasteiger partial charge in [-0.25, -0.2) is 0 Å². The van der Waals surface area contributed by atoms with Crippen molar-refractivity contribution in [2.75, 3.05) is 13.1 Å². The Morgan fingerprint density at radius 1 is 0.523 bits per heavy atom. The highest BCUT2D eigenvalue weighted by Crippen LogP contribution is 2.13. The van der Waals surface area contributed by atoms with Crippen LogP contribution in [-0.4, -0.2) is 29.9 Å². The van der Waals surface area contributed by atoms with Gasteiger partial charge in [-0.1, -0.05) is 146 Å². The van der Waals surface area contributed by atoms with Crippen LogP contribution < -0.4 is 5.73 Å². The number of hydrogen-bond acceptors (Lipinski definition) is 2. The molecule has 256 valence electrons. The fraction of sp³-hybridized carbons (Fsp3) is 0.780. The predicted octanol–water partition coefficient (Wildman–Crippen LogP) is 12.6. The molecule has 0 aliphatic rings. The highest BCUT2D eigenvalue weighted by atomic mass is 16.2. The molecular formula is C41H76N2O. The Bertz CT molecular complexity index is 707. The number of unbranched alkanes of at least 4 members (excludes halogenated alkanes) is 16. The molecule has 3 heteroatoms. The summed E-state index contributed by atoms with van der Waals surface area (Å²) in [6.45, 7) is 8.56. The van der Waals surface area contributed by atoms with E-state index in [4.69, 9.17) is 5.73 Å². The SMILES string of the molecule is CCCCC/C=C\C/C=C\CCCCCCCCN(CCCCCCCC/C=C\C/C=C\CC(N)CCC)C(=O)CCCC. The van der Waals surface area contributed by atoms with Crippen molar-refractivity contribution in [1.29, 1.82) is 0 Å². The van der Waals surface area contributed by atoms with Gasteiger partial charge in [-0.3, -0.25) is 4.79 Å². The summed E-state index contributed by atoms with van der Waals surface area (Å²) in [5.74, 6) is 0.389. The first-order valence-electron chi connectivity index (χ1n) is 19.3. The fourth-order valence-corrected chi connectivity index (χ4v) is 5.56. The largest absolute Gasteiger partial charge is 0.343 e. The van der Waals surface area contributed by atoms with Crippen LogP contribution in [0.3, 0.4) is 0 Å². The van der Waals surface area contributed by atoms with Crippen molar-refractivity contribution < 1.29 is 4.79 Å². The van der Waals surface area contributed by atoms with Gasteiger partial charge in [-0.05, 0) is 83.5 Å². The number of carbonyl (C=O) groups excluding carboxylic acids is 1. The van der Waals surface area contributed by atoms with Crippen LogP contribution in [0.2, 0.25) is 0 Å². The lowest BCUT2D eigenvalue weighted by molar-refractivity contribution is -0.131. The molecule has 0 aromatic heterocycles. The van der Waals surface area contributed by atoms with Gasteiger partial charge in [0.1, 0.15) is 0 Å². The van der Waals surface area contributed by atoms with Gasteiger partial charge < -0.3 is 10.6 Å². The predicted molar refractivity (Wildman–Crippen MR) is 198 cm³/mol. The molecule has 2 N–H and O–H groups in total. The van der Waals surface area contributed by atoms with E-state index in [1.165, 1.54) is 109 Å². The summed E-state index contributed by atoms with van der Waals surface area (Å²) in [4.78, 5) is 15.0. The summed E-state index contributed by atoms with van der Waals surface area (Å²) in [7, 11) is 0. The van der Waals surface area contributed by atoms with E-state index in [9.17, 15) is 4.79 Å². The molecule has 0 fully saturated rings. The molecule has 1 atom stereocenters. The molecule has 1 amide bonds. The van der Waals surface area contributed by atoms with E-state index >= 15 is 0 Å². The monoisotopic (exact) mass is 613 g/mol. The molecule has 0 aromatic rings. The first-order chi connectivity index (χ1) is 21.7. The van der Waals surface area contributed by atoms with Gasteiger partial charge in [0.15, 0.2) is 0 Å². The minimum atomic E-state index is 0.325. The van der Waals surface area contributed by atoms with E-state index in [2.05, 4.69) is 74.3 Å². The van der Waals surface area contributed by atoms with Crippen LogP contribution in [0.15, 0.2) is 48.6 Å². The van der Waals surface area contributed by atoms with Crippen molar-refractivity contribution >= 4 is 5.91 Å². The second-order valence-electron chi connectivity index (χ2n) is 12.9. The third kappa shape index (κ3) is 31.8. The summed E-state index contributed by atoms with van der Waals surface area (Å²) in [5.41, 5.74) is 6.05. The number of carbonyl (C=O) groups is 1. The van der Waals surface area contributed by atoms with Crippen molar-refractivity contribution in [3.63, 3.8) is 0 Å². The number of hydrogen-bond donors (Lipinski definition) is 1. The second-order valence-corrected chi connectivity index (χ2v) is 12.9. The normalized spacial score (nSPS) is 12.9. The Balaban J connectivity index is 3.85. The fourth-order valence-electron chi connectivity index (χ4n) is 5.56. The van der Waals surface area contributed by atoms with Crippen LogP contribution in [0.1, 0.15) is 188 Å². The Labute approximate surface area is 276 Å². The third-order valence-corrected chi connectivity index (χ3v) is 8.48. The average Bonchev–Trinajstić information content (AvgIpc) is 3.02. The molecule has 0 radical (unpaired) electrons. The van der Waals surface area contributed by atoms with Crippen molar-refractivity contribution in [3.05, 3.63) is 48.6 Å². The van der Waals surface area contributed by atoms with Crippen LogP contribution in [0.5, 0.6) is 0 Å². The smallest absolute Gasteiger partial charge is 0.222 e. The molecule has 3 nitrogen and oxygen atoms in total. The molecule has 0 aliphatic carbocycles. The minimum absolute atomic E-state index is 0.325. The number of nitrogens with two attached hydrogens (primary N) is 1. The quantitative estimate of drug-likeness (QED) is 0.0592. The Morgan fingerprint density at radius 3 is 1.43 bits per heavy atom. The Kier molecular flexibility index (Phi) is 34.6. The van der Waals surface area contributed by atoms with Crippen molar-refractivity contribution in [2.45, 2.75) is 194 Å². The molecule has 1 unspecified atom stereocenters. The number of allylic oxidation sites excluding steroid dienone is 7. The lowest BCUT2D eigenvalue weighted by Gasteiger charge is -2.23. The van der Waals surface area contributed by atoms with Gasteiger partial charge in [0.25, 0.3) is 0 Å². The minimum Gasteiger partial charge on any atom is -0.343 e. The summed E-state index contributed by atoms with van der Waals surface area (Å²) >= 11 is 0. The van der Waals surface area contributed by atoms with Gasteiger partial charge in [0, 0.05) is 25.6 Å². The maximum absolute atomic E-state index is 12.8. The topological polar surface area (TPSA) is 46.3 Å². The summed E-state index contributed by atoms with van der Waals surface area (Å²) < 4.78 is 0. The maximum atomic E-state index is 12.8. The standard InChI is InChI=1S/C41H76N2O/c1-4-7-9-10-11-12-13-14-15-16-18-21-24-27-30-33-38-43(41(44)37-8-5-2)39-34-31-28-25-22-19-17-20-23-26-29-32-36-40(42)35-6-3/h11-12,14-15,20,23,29,32,40H,4-10,13,16-19,21-22,24-28,30-31,33-39,42H2,1-3H3/b12-11-,15-14-,23-20-,32-29-. The third-order valence-electron chi connectivity index (χ3n) is 8.48. The van der Waals surface area contributed by atoms with Crippen molar-refractivity contribution in [3.8, 4) is 0 Å². The average molecular weight is 613 g/mol. The summed E-state index contributed by atoms with van der Waals surface area (Å²) in [6.07, 6.45) is 49.7. The van der Waals surface area contributed by atoms with Crippen LogP contribution >= 0.6 is 0 Å². The lowest BCUT2D eigenvalue weighted by Crippen LogP contribution is -2.32. The van der Waals surface area contributed by atoms with E-state index in [0.717, 1.165) is 70.9 Å². The van der Waals surface area contributed by atoms with E-state index in [0.29, 0.717) is 11.9 Å². The molecule has 0 saturated heterocycles. The molecule has 0 aromatic carbocycles. The first kappa shape index (κ1) is 42.4. The van der Waals surface area contributed by atoms with Crippen LogP contribution in [0.25, 0.3) is 0 Å². The van der Waals surface area contributed by atoms with Gasteiger partial charge in [-0.15, -0.1) is 0 Å². The molecule has 44 heavy (non-hydrogen) atoms. The summed E-state index contributed by atoms with van der Waals surface area (Å²) in [6, 6.07) is 0.325. The Hall–Kier alpha value is -1.61. The van der Waals surface area contributed by atoms with Crippen molar-refractivity contribution in [2.24, 2.45) is 5.73 Å². The van der Waals surface area contributed by atoms with Gasteiger partial charge >= 0.3 is 0 Å². The number of nitrogens with zero attached hydrogens (tertiary/aromatic N) is 1. The second kappa shape index (κ2) is 35.9. The highest BCUT2D eigenvalue weighted by Gasteiger charge is 2.12. The zero-order chi connectivity index (χ0) is 32.2. The first-order valence-corrected chi connectivity index (χ1v) is 19.3. The number of rotatable bonds is 33. The van der Waals surface area contributed by atoms with Gasteiger partial charge in [0.2, 0.25) is 5.91 Å². The van der Waals surface area contributed by atoms with E-state index in [1.807, 2.05) is 0 Å². The number of amides is 1. The Morgan fingerprint density at radius 2 is 0.955 bits per heavy atom. The maximum Gasteiger partial charge on any atom is 0.222 e. The molecule has 0 aliphatic heterocycles. The van der Waals surface area contributed by atoms with E-state index in [1.54, 1.807) is 0 Å². The molecular weight excluding hydrogens is 536 g/mol. The van der Waals surface area contributed by atoms with Crippen LogP contribution in [0, 0.1) is 0 Å². The molecule has 0 bridgehead atoms. The van der Waals surface area contributed by atoms with E-state index in [-0.39, 0.29) is 0 Å². The molecule has 0 rings (SSSR count). The molecule has 0 spiro atoms. The van der Waals surface area contributed by atoms with E-state index < -0.39 is 0 Å². The van der Waals surface area contributed by atoms with Crippen molar-refractivity contribution in [1.82, 2.24) is 4.90 Å². The van der Waals surface area contributed by atoms with Gasteiger partial charge in [-0.2, -0.15) is 0 Å². The zero-order valence-electron chi connectivity index (χ0n) is 29.9. The zero-order valence-corrected chi connectivity index (χ0v) is 29.9. The van der Waals surface area contributed by atoms with Crippen LogP contribution in [0.4, 0.5) is 0 Å². The summed E-state index contributed by atoms with van der Waals surface area (Å²) in [5, 5.41) is 0. The highest BCUT2D eigenvalue weighted by molar-refractivity contribution is 5.76. The molecule has 0 saturated carbocycles. The lowest BCUT2D eigenvalue weighted by atomic mass is 10.1.